The third kappa shape index (κ3) is 3.83. The zero-order chi connectivity index (χ0) is 15.4. The van der Waals surface area contributed by atoms with Gasteiger partial charge in [-0.05, 0) is 25.7 Å². The Morgan fingerprint density at radius 1 is 1.40 bits per heavy atom. The second-order valence-electron chi connectivity index (χ2n) is 4.85. The minimum atomic E-state index is -4.29. The van der Waals surface area contributed by atoms with Gasteiger partial charge in [0.25, 0.3) is 0 Å². The number of carbonyl (C=O) groups excluding carboxylic acids is 1. The van der Waals surface area contributed by atoms with Crippen molar-refractivity contribution in [3.05, 3.63) is 0 Å². The average Bonchev–Trinajstić information content (AvgIpc) is 2.31. The first-order valence-corrected chi connectivity index (χ1v) is 7.93. The van der Waals surface area contributed by atoms with Gasteiger partial charge in [0, 0.05) is 0 Å². The fourth-order valence-electron chi connectivity index (χ4n) is 2.40. The van der Waals surface area contributed by atoms with E-state index in [4.69, 9.17) is 0 Å². The lowest BCUT2D eigenvalue weighted by atomic mass is 9.74. The van der Waals surface area contributed by atoms with Gasteiger partial charge < -0.3 is 9.84 Å². The van der Waals surface area contributed by atoms with Crippen LogP contribution in [0.4, 0.5) is 4.79 Å². The molecule has 1 fully saturated rings. The molecule has 3 N–H and O–H groups in total. The van der Waals surface area contributed by atoms with E-state index in [0.29, 0.717) is 12.8 Å². The Morgan fingerprint density at radius 2 is 2.05 bits per heavy atom. The fraction of sp³-hybridized carbons (Fsp3) is 0.818. The Balaban J connectivity index is 2.90. The molecule has 0 heterocycles. The topological polar surface area (TPSA) is 122 Å². The van der Waals surface area contributed by atoms with E-state index >= 15 is 0 Å². The van der Waals surface area contributed by atoms with Gasteiger partial charge in [-0.25, -0.2) is 9.52 Å². The number of carboxylic acids is 1. The van der Waals surface area contributed by atoms with E-state index in [9.17, 15) is 23.1 Å². The van der Waals surface area contributed by atoms with Gasteiger partial charge in [0.05, 0.1) is 6.61 Å². The van der Waals surface area contributed by atoms with Crippen LogP contribution >= 0.6 is 0 Å². The number of carboxylic acid groups (broad SMARTS) is 1. The van der Waals surface area contributed by atoms with Crippen molar-refractivity contribution in [1.29, 1.82) is 0 Å². The molecule has 0 radical (unpaired) electrons. The van der Waals surface area contributed by atoms with Crippen LogP contribution in [0.5, 0.6) is 0 Å². The summed E-state index contributed by atoms with van der Waals surface area (Å²) in [4.78, 5) is 22.7. The second-order valence-corrected chi connectivity index (χ2v) is 6.27. The van der Waals surface area contributed by atoms with E-state index in [2.05, 4.69) is 9.46 Å². The zero-order valence-electron chi connectivity index (χ0n) is 11.5. The van der Waals surface area contributed by atoms with Gasteiger partial charge in [0.15, 0.2) is 0 Å². The van der Waals surface area contributed by atoms with Gasteiger partial charge in [-0.2, -0.15) is 13.1 Å². The van der Waals surface area contributed by atoms with E-state index in [0.717, 1.165) is 6.42 Å². The van der Waals surface area contributed by atoms with Crippen LogP contribution < -0.4 is 9.44 Å². The number of hydrogen-bond acceptors (Lipinski definition) is 5. The quantitative estimate of drug-likeness (QED) is 0.683. The first-order chi connectivity index (χ1) is 9.23. The molecule has 0 saturated heterocycles. The standard InChI is InChI=1S/C11H20N2O6S/c1-3-19-10(16)12-20(17,18)13-11(9(14)15)7-5-4-6-8(11)2/h8,13H,3-7H2,1-2H3,(H,12,16)(H,14,15). The molecule has 1 saturated carbocycles. The summed E-state index contributed by atoms with van der Waals surface area (Å²) >= 11 is 0. The van der Waals surface area contributed by atoms with Gasteiger partial charge in [-0.1, -0.05) is 19.8 Å². The van der Waals surface area contributed by atoms with Crippen molar-refractivity contribution in [3.63, 3.8) is 0 Å². The molecule has 1 amide bonds. The van der Waals surface area contributed by atoms with E-state index in [1.165, 1.54) is 6.92 Å². The summed E-state index contributed by atoms with van der Waals surface area (Å²) in [5, 5.41) is 9.39. The number of nitrogens with one attached hydrogen (secondary N) is 2. The van der Waals surface area contributed by atoms with Crippen molar-refractivity contribution >= 4 is 22.3 Å². The second kappa shape index (κ2) is 6.40. The molecular weight excluding hydrogens is 288 g/mol. The van der Waals surface area contributed by atoms with Crippen molar-refractivity contribution in [2.24, 2.45) is 5.92 Å². The predicted molar refractivity (Wildman–Crippen MR) is 70.2 cm³/mol. The summed E-state index contributed by atoms with van der Waals surface area (Å²) in [5.41, 5.74) is -1.59. The molecule has 116 valence electrons. The average molecular weight is 308 g/mol. The fourth-order valence-corrected chi connectivity index (χ4v) is 3.60. The van der Waals surface area contributed by atoms with E-state index in [1.807, 2.05) is 0 Å². The first kappa shape index (κ1) is 16.7. The normalized spacial score (nSPS) is 26.8. The summed E-state index contributed by atoms with van der Waals surface area (Å²) in [6, 6.07) is 0. The minimum absolute atomic E-state index is 0.0157. The smallest absolute Gasteiger partial charge is 0.421 e. The number of rotatable bonds is 5. The van der Waals surface area contributed by atoms with Crippen LogP contribution in [0.25, 0.3) is 0 Å². The van der Waals surface area contributed by atoms with E-state index in [-0.39, 0.29) is 18.9 Å². The van der Waals surface area contributed by atoms with Crippen LogP contribution in [0.15, 0.2) is 0 Å². The number of carbonyl (C=O) groups is 2. The summed E-state index contributed by atoms with van der Waals surface area (Å²) < 4.78 is 31.9. The van der Waals surface area contributed by atoms with Crippen molar-refractivity contribution in [3.8, 4) is 0 Å². The monoisotopic (exact) mass is 308 g/mol. The summed E-state index contributed by atoms with van der Waals surface area (Å²) in [5.74, 6) is -1.61. The Kier molecular flexibility index (Phi) is 5.35. The molecule has 2 atom stereocenters. The molecule has 0 aliphatic heterocycles. The minimum Gasteiger partial charge on any atom is -0.480 e. The summed E-state index contributed by atoms with van der Waals surface area (Å²) in [6.45, 7) is 3.23. The lowest BCUT2D eigenvalue weighted by molar-refractivity contribution is -0.147. The Morgan fingerprint density at radius 3 is 2.55 bits per heavy atom. The van der Waals surface area contributed by atoms with Crippen molar-refractivity contribution in [1.82, 2.24) is 9.44 Å². The molecule has 2 unspecified atom stereocenters. The van der Waals surface area contributed by atoms with Crippen LogP contribution in [0.1, 0.15) is 39.5 Å². The number of ether oxygens (including phenoxy) is 1. The number of amides is 1. The van der Waals surface area contributed by atoms with E-state index < -0.39 is 27.8 Å². The van der Waals surface area contributed by atoms with Crippen molar-refractivity contribution in [2.75, 3.05) is 6.61 Å². The maximum Gasteiger partial charge on any atom is 0.421 e. The van der Waals surface area contributed by atoms with Gasteiger partial charge in [0.1, 0.15) is 5.54 Å². The third-order valence-electron chi connectivity index (χ3n) is 3.49. The molecule has 8 nitrogen and oxygen atoms in total. The van der Waals surface area contributed by atoms with Crippen molar-refractivity contribution in [2.45, 2.75) is 45.1 Å². The van der Waals surface area contributed by atoms with Gasteiger partial charge in [-0.15, -0.1) is 0 Å². The Hall–Kier alpha value is -1.35. The lowest BCUT2D eigenvalue weighted by Gasteiger charge is -2.38. The highest BCUT2D eigenvalue weighted by Gasteiger charge is 2.48. The molecule has 0 bridgehead atoms. The highest BCUT2D eigenvalue weighted by Crippen LogP contribution is 2.34. The molecule has 0 aromatic carbocycles. The first-order valence-electron chi connectivity index (χ1n) is 6.45. The lowest BCUT2D eigenvalue weighted by Crippen LogP contribution is -2.62. The molecule has 20 heavy (non-hydrogen) atoms. The van der Waals surface area contributed by atoms with Crippen LogP contribution in [0, 0.1) is 5.92 Å². The Bertz CT molecular complexity index is 477. The largest absolute Gasteiger partial charge is 0.480 e. The molecule has 1 rings (SSSR count). The summed E-state index contributed by atoms with van der Waals surface area (Å²) in [6.07, 6.45) is 1.12. The third-order valence-corrected chi connectivity index (χ3v) is 4.56. The Labute approximate surface area is 118 Å². The SMILES string of the molecule is CCOC(=O)NS(=O)(=O)NC1(C(=O)O)CCCCC1C. The van der Waals surface area contributed by atoms with E-state index in [1.54, 1.807) is 11.6 Å². The highest BCUT2D eigenvalue weighted by atomic mass is 32.2. The number of aliphatic carboxylic acids is 1. The molecule has 1 aliphatic rings. The van der Waals surface area contributed by atoms with Crippen molar-refractivity contribution < 1.29 is 27.9 Å². The predicted octanol–water partition coefficient (Wildman–Crippen LogP) is 0.600. The molecule has 0 spiro atoms. The van der Waals surface area contributed by atoms with Gasteiger partial charge in [0.2, 0.25) is 0 Å². The molecule has 0 aromatic heterocycles. The maximum absolute atomic E-state index is 11.9. The van der Waals surface area contributed by atoms with Gasteiger partial charge in [-0.3, -0.25) is 4.79 Å². The van der Waals surface area contributed by atoms with Crippen LogP contribution in [0.3, 0.4) is 0 Å². The number of hydrogen-bond donors (Lipinski definition) is 3. The van der Waals surface area contributed by atoms with Crippen LogP contribution in [-0.2, 0) is 19.7 Å². The molecule has 1 aliphatic carbocycles. The zero-order valence-corrected chi connectivity index (χ0v) is 12.3. The van der Waals surface area contributed by atoms with Gasteiger partial charge >= 0.3 is 22.3 Å². The summed E-state index contributed by atoms with van der Waals surface area (Å²) in [7, 11) is -4.29. The molecule has 0 aromatic rings. The highest BCUT2D eigenvalue weighted by molar-refractivity contribution is 7.88. The van der Waals surface area contributed by atoms with Crippen LogP contribution in [-0.4, -0.2) is 37.7 Å². The van der Waals surface area contributed by atoms with Crippen LogP contribution in [0.2, 0.25) is 0 Å². The maximum atomic E-state index is 11.9. The molecule has 9 heteroatoms. The molecular formula is C11H20N2O6S.